The lowest BCUT2D eigenvalue weighted by atomic mass is 9.95. The summed E-state index contributed by atoms with van der Waals surface area (Å²) in [7, 11) is 0. The lowest BCUT2D eigenvalue weighted by molar-refractivity contribution is -0.129. The van der Waals surface area contributed by atoms with Gasteiger partial charge in [0.2, 0.25) is 0 Å². The molecule has 1 amide bonds. The minimum absolute atomic E-state index is 0.105. The van der Waals surface area contributed by atoms with Crippen molar-refractivity contribution in [3.8, 4) is 0 Å². The van der Waals surface area contributed by atoms with E-state index in [1.165, 1.54) is 6.08 Å². The van der Waals surface area contributed by atoms with Gasteiger partial charge in [-0.1, -0.05) is 94.8 Å². The second kappa shape index (κ2) is 9.79. The number of amides is 1. The molecule has 3 aromatic carbocycles. The quantitative estimate of drug-likeness (QED) is 0.436. The van der Waals surface area contributed by atoms with Gasteiger partial charge in [0.1, 0.15) is 0 Å². The number of aliphatic hydroxyl groups excluding tert-OH is 1. The van der Waals surface area contributed by atoms with E-state index in [-0.39, 0.29) is 11.4 Å². The van der Waals surface area contributed by atoms with Crippen molar-refractivity contribution in [1.82, 2.24) is 4.90 Å². The van der Waals surface area contributed by atoms with Crippen LogP contribution in [0.15, 0.2) is 107 Å². The Morgan fingerprint density at radius 1 is 0.969 bits per heavy atom. The average Bonchev–Trinajstić information content (AvgIpc) is 3.07. The van der Waals surface area contributed by atoms with Gasteiger partial charge in [-0.3, -0.25) is 9.59 Å². The molecule has 0 spiro atoms. The lowest BCUT2D eigenvalue weighted by Gasteiger charge is -2.27. The fraction of sp³-hybridized carbons (Fsp3) is 0.111. The third-order valence-electron chi connectivity index (χ3n) is 5.44. The zero-order valence-electron chi connectivity index (χ0n) is 17.3. The van der Waals surface area contributed by atoms with Crippen LogP contribution in [-0.4, -0.2) is 28.2 Å². The van der Waals surface area contributed by atoms with Crippen LogP contribution in [-0.2, 0) is 16.0 Å². The second-order valence-corrected chi connectivity index (χ2v) is 8.48. The highest BCUT2D eigenvalue weighted by molar-refractivity contribution is 9.10. The fourth-order valence-corrected chi connectivity index (χ4v) is 4.30. The van der Waals surface area contributed by atoms with Gasteiger partial charge in [0.25, 0.3) is 5.91 Å². The maximum Gasteiger partial charge on any atom is 0.290 e. The Kier molecular flexibility index (Phi) is 6.66. The molecule has 32 heavy (non-hydrogen) atoms. The molecule has 0 aromatic heterocycles. The number of aliphatic hydroxyl groups is 1. The molecule has 1 aliphatic rings. The largest absolute Gasteiger partial charge is 0.503 e. The summed E-state index contributed by atoms with van der Waals surface area (Å²) in [6.07, 6.45) is 3.73. The summed E-state index contributed by atoms with van der Waals surface area (Å²) in [6.45, 7) is 0.378. The van der Waals surface area contributed by atoms with Crippen LogP contribution in [0.5, 0.6) is 0 Å². The molecule has 1 N–H and O–H groups in total. The number of allylic oxidation sites excluding steroid dienone is 1. The molecular formula is C27H22BrNO3. The van der Waals surface area contributed by atoms with E-state index in [0.29, 0.717) is 13.0 Å². The summed E-state index contributed by atoms with van der Waals surface area (Å²) < 4.78 is 0.837. The predicted octanol–water partition coefficient (Wildman–Crippen LogP) is 5.67. The van der Waals surface area contributed by atoms with Crippen LogP contribution >= 0.6 is 15.9 Å². The van der Waals surface area contributed by atoms with E-state index in [1.54, 1.807) is 11.0 Å². The van der Waals surface area contributed by atoms with Crippen molar-refractivity contribution in [2.24, 2.45) is 0 Å². The Bertz CT molecular complexity index is 1190. The van der Waals surface area contributed by atoms with E-state index in [4.69, 9.17) is 0 Å². The van der Waals surface area contributed by atoms with Crippen LogP contribution in [0.3, 0.4) is 0 Å². The number of hydrogen-bond acceptors (Lipinski definition) is 3. The van der Waals surface area contributed by atoms with Gasteiger partial charge in [0.05, 0.1) is 11.6 Å². The maximum absolute atomic E-state index is 13.2. The third kappa shape index (κ3) is 4.73. The molecule has 0 aliphatic carbocycles. The van der Waals surface area contributed by atoms with E-state index < -0.39 is 17.7 Å². The predicted molar refractivity (Wildman–Crippen MR) is 129 cm³/mol. The van der Waals surface area contributed by atoms with Crippen molar-refractivity contribution in [2.75, 3.05) is 6.54 Å². The molecule has 1 atom stereocenters. The van der Waals surface area contributed by atoms with Gasteiger partial charge in [-0.05, 0) is 41.3 Å². The zero-order chi connectivity index (χ0) is 22.5. The first-order valence-corrected chi connectivity index (χ1v) is 11.1. The Morgan fingerprint density at radius 3 is 2.34 bits per heavy atom. The van der Waals surface area contributed by atoms with Crippen molar-refractivity contribution in [3.05, 3.63) is 124 Å². The molecule has 1 aliphatic heterocycles. The van der Waals surface area contributed by atoms with Gasteiger partial charge in [-0.25, -0.2) is 0 Å². The summed E-state index contributed by atoms with van der Waals surface area (Å²) in [5.74, 6) is -1.39. The zero-order valence-corrected chi connectivity index (χ0v) is 18.9. The van der Waals surface area contributed by atoms with Crippen LogP contribution in [0, 0.1) is 0 Å². The van der Waals surface area contributed by atoms with E-state index in [1.807, 2.05) is 84.9 Å². The van der Waals surface area contributed by atoms with Crippen molar-refractivity contribution in [3.63, 3.8) is 0 Å². The van der Waals surface area contributed by atoms with Crippen LogP contribution in [0.1, 0.15) is 22.7 Å². The van der Waals surface area contributed by atoms with Crippen molar-refractivity contribution in [2.45, 2.75) is 12.5 Å². The number of carbonyl (C=O) groups excluding carboxylic acids is 2. The second-order valence-electron chi connectivity index (χ2n) is 7.56. The highest BCUT2D eigenvalue weighted by Gasteiger charge is 2.42. The first-order valence-electron chi connectivity index (χ1n) is 10.4. The molecule has 4 rings (SSSR count). The van der Waals surface area contributed by atoms with Gasteiger partial charge in [-0.2, -0.15) is 0 Å². The molecule has 3 aromatic rings. The summed E-state index contributed by atoms with van der Waals surface area (Å²) in [5, 5.41) is 10.7. The van der Waals surface area contributed by atoms with Gasteiger partial charge < -0.3 is 10.0 Å². The first-order chi connectivity index (χ1) is 15.5. The molecular weight excluding hydrogens is 466 g/mol. The summed E-state index contributed by atoms with van der Waals surface area (Å²) in [6, 6.07) is 26.1. The van der Waals surface area contributed by atoms with E-state index >= 15 is 0 Å². The standard InChI is InChI=1S/C27H22BrNO3/c28-22-13-7-12-21(18-22)25-24(23(30)15-14-19-8-3-1-4-9-19)26(31)27(32)29(25)17-16-20-10-5-2-6-11-20/h1-15,18,25,31H,16-17H2. The number of ketones is 1. The number of benzene rings is 3. The molecule has 0 saturated carbocycles. The minimum Gasteiger partial charge on any atom is -0.503 e. The molecule has 1 heterocycles. The number of halogens is 1. The van der Waals surface area contributed by atoms with E-state index in [9.17, 15) is 14.7 Å². The summed E-state index contributed by atoms with van der Waals surface area (Å²) in [5.41, 5.74) is 2.82. The number of nitrogens with zero attached hydrogens (tertiary/aromatic N) is 1. The number of rotatable bonds is 7. The maximum atomic E-state index is 13.2. The Labute approximate surface area is 195 Å². The SMILES string of the molecule is O=C(C=Cc1ccccc1)C1=C(O)C(=O)N(CCc2ccccc2)C1c1cccc(Br)c1. The molecule has 160 valence electrons. The van der Waals surface area contributed by atoms with Crippen LogP contribution in [0.4, 0.5) is 0 Å². The van der Waals surface area contributed by atoms with Crippen molar-refractivity contribution < 1.29 is 14.7 Å². The van der Waals surface area contributed by atoms with Crippen molar-refractivity contribution in [1.29, 1.82) is 0 Å². The average molecular weight is 488 g/mol. The Morgan fingerprint density at radius 2 is 1.66 bits per heavy atom. The van der Waals surface area contributed by atoms with Gasteiger partial charge in [0.15, 0.2) is 11.5 Å². The molecule has 0 radical (unpaired) electrons. The highest BCUT2D eigenvalue weighted by atomic mass is 79.9. The van der Waals surface area contributed by atoms with Crippen molar-refractivity contribution >= 4 is 33.7 Å². The summed E-state index contributed by atoms with van der Waals surface area (Å²) >= 11 is 3.47. The lowest BCUT2D eigenvalue weighted by Crippen LogP contribution is -2.33. The minimum atomic E-state index is -0.656. The molecule has 0 bridgehead atoms. The molecule has 0 saturated heterocycles. The third-order valence-corrected chi connectivity index (χ3v) is 5.94. The summed E-state index contributed by atoms with van der Waals surface area (Å²) in [4.78, 5) is 27.8. The topological polar surface area (TPSA) is 57.6 Å². The van der Waals surface area contributed by atoms with Gasteiger partial charge in [0, 0.05) is 11.0 Å². The Hall–Kier alpha value is -3.44. The van der Waals surface area contributed by atoms with Crippen LogP contribution in [0.2, 0.25) is 0 Å². The molecule has 4 nitrogen and oxygen atoms in total. The van der Waals surface area contributed by atoms with Gasteiger partial charge >= 0.3 is 0 Å². The fourth-order valence-electron chi connectivity index (χ4n) is 3.88. The first kappa shape index (κ1) is 21.8. The van der Waals surface area contributed by atoms with Crippen LogP contribution < -0.4 is 0 Å². The monoisotopic (exact) mass is 487 g/mol. The normalized spacial score (nSPS) is 16.2. The molecule has 0 fully saturated rings. The van der Waals surface area contributed by atoms with E-state index in [0.717, 1.165) is 21.2 Å². The van der Waals surface area contributed by atoms with Gasteiger partial charge in [-0.15, -0.1) is 0 Å². The Balaban J connectivity index is 1.67. The van der Waals surface area contributed by atoms with E-state index in [2.05, 4.69) is 15.9 Å². The van der Waals surface area contributed by atoms with Crippen LogP contribution in [0.25, 0.3) is 6.08 Å². The molecule has 1 unspecified atom stereocenters. The number of carbonyl (C=O) groups is 2. The number of hydrogen-bond donors (Lipinski definition) is 1. The highest BCUT2D eigenvalue weighted by Crippen LogP contribution is 2.38. The smallest absolute Gasteiger partial charge is 0.290 e. The molecule has 5 heteroatoms.